The molecule has 4 N–H and O–H groups in total. The third-order valence-electron chi connectivity index (χ3n) is 2.23. The topological polar surface area (TPSA) is 92.5 Å². The highest BCUT2D eigenvalue weighted by Gasteiger charge is 2.01. The lowest BCUT2D eigenvalue weighted by molar-refractivity contribution is 0.665. The van der Waals surface area contributed by atoms with Crippen LogP contribution in [0.25, 0.3) is 0 Å². The number of nitrogens with one attached hydrogen (secondary N) is 2. The van der Waals surface area contributed by atoms with Gasteiger partial charge in [-0.05, 0) is 12.2 Å². The maximum atomic E-state index is 11.1. The van der Waals surface area contributed by atoms with Crippen LogP contribution in [0, 0.1) is 4.77 Å². The minimum absolute atomic E-state index is 0.278. The van der Waals surface area contributed by atoms with Gasteiger partial charge in [-0.15, -0.1) is 0 Å². The van der Waals surface area contributed by atoms with Crippen molar-refractivity contribution in [3.63, 3.8) is 0 Å². The molecule has 0 saturated carbocycles. The fourth-order valence-corrected chi connectivity index (χ4v) is 1.72. The number of aryl methyl sites for hydroxylation is 1. The van der Waals surface area contributed by atoms with Crippen LogP contribution in [0.1, 0.15) is 5.69 Å². The van der Waals surface area contributed by atoms with E-state index in [1.54, 1.807) is 17.1 Å². The molecule has 0 aliphatic heterocycles. The number of nitrogens with two attached hydrogens (primary N) is 1. The van der Waals surface area contributed by atoms with E-state index < -0.39 is 0 Å². The molecule has 6 nitrogen and oxygen atoms in total. The van der Waals surface area contributed by atoms with Crippen LogP contribution in [0.2, 0.25) is 0 Å². The highest BCUT2D eigenvalue weighted by molar-refractivity contribution is 7.71. The number of nitrogens with zero attached hydrogens (tertiary/aromatic N) is 2. The van der Waals surface area contributed by atoms with Gasteiger partial charge in [-0.3, -0.25) is 9.78 Å². The Morgan fingerprint density at radius 3 is 3.00 bits per heavy atom. The number of imidazole rings is 1. The lowest BCUT2D eigenvalue weighted by Crippen LogP contribution is -2.17. The molecule has 2 rings (SSSR count). The number of aromatic nitrogens is 4. The van der Waals surface area contributed by atoms with E-state index in [-0.39, 0.29) is 5.56 Å². The van der Waals surface area contributed by atoms with Gasteiger partial charge in [-0.2, -0.15) is 0 Å². The molecule has 84 valence electrons. The Labute approximate surface area is 96.2 Å². The minimum Gasteiger partial charge on any atom is -0.385 e. The SMILES string of the molecule is Nc1cc(=O)[nH]c(=S)n1CCc1cnc[nH]1. The number of aromatic amines is 2. The molecule has 7 heteroatoms. The normalized spacial score (nSPS) is 10.5. The number of rotatable bonds is 3. The first-order valence-corrected chi connectivity index (χ1v) is 5.14. The largest absolute Gasteiger partial charge is 0.385 e. The van der Waals surface area contributed by atoms with Gasteiger partial charge >= 0.3 is 0 Å². The molecule has 0 saturated heterocycles. The van der Waals surface area contributed by atoms with E-state index in [1.165, 1.54) is 6.07 Å². The van der Waals surface area contributed by atoms with Crippen LogP contribution in [-0.4, -0.2) is 19.5 Å². The van der Waals surface area contributed by atoms with E-state index in [1.807, 2.05) is 0 Å². The highest BCUT2D eigenvalue weighted by atomic mass is 32.1. The zero-order valence-corrected chi connectivity index (χ0v) is 9.25. The van der Waals surface area contributed by atoms with Crippen LogP contribution in [0.3, 0.4) is 0 Å². The van der Waals surface area contributed by atoms with Crippen molar-refractivity contribution in [1.29, 1.82) is 0 Å². The summed E-state index contributed by atoms with van der Waals surface area (Å²) in [6, 6.07) is 1.32. The molecule has 0 radical (unpaired) electrons. The highest BCUT2D eigenvalue weighted by Crippen LogP contribution is 2.02. The first kappa shape index (κ1) is 10.6. The molecule has 2 heterocycles. The Morgan fingerprint density at radius 2 is 2.38 bits per heavy atom. The van der Waals surface area contributed by atoms with Crippen molar-refractivity contribution < 1.29 is 0 Å². The fraction of sp³-hybridized carbons (Fsp3) is 0.222. The van der Waals surface area contributed by atoms with Crippen LogP contribution in [0.15, 0.2) is 23.4 Å². The van der Waals surface area contributed by atoms with Gasteiger partial charge in [0.05, 0.1) is 6.33 Å². The van der Waals surface area contributed by atoms with Gasteiger partial charge in [-0.25, -0.2) is 4.98 Å². The summed E-state index contributed by atoms with van der Waals surface area (Å²) in [4.78, 5) is 20.5. The second-order valence-electron chi connectivity index (χ2n) is 3.34. The second-order valence-corrected chi connectivity index (χ2v) is 3.73. The first-order chi connectivity index (χ1) is 7.66. The molecule has 0 unspecified atom stereocenters. The molecular formula is C9H11N5OS. The Morgan fingerprint density at radius 1 is 1.56 bits per heavy atom. The molecule has 16 heavy (non-hydrogen) atoms. The maximum Gasteiger partial charge on any atom is 0.253 e. The Hall–Kier alpha value is -1.89. The van der Waals surface area contributed by atoms with Crippen molar-refractivity contribution in [2.45, 2.75) is 13.0 Å². The number of anilines is 1. The molecule has 0 amide bonds. The summed E-state index contributed by atoms with van der Waals surface area (Å²) in [6.45, 7) is 0.601. The molecule has 0 fully saturated rings. The number of nitrogen functional groups attached to an aromatic ring is 1. The van der Waals surface area contributed by atoms with Crippen molar-refractivity contribution in [3.05, 3.63) is 39.4 Å². The van der Waals surface area contributed by atoms with Gasteiger partial charge in [0.15, 0.2) is 4.77 Å². The molecule has 0 bridgehead atoms. The monoisotopic (exact) mass is 237 g/mol. The third kappa shape index (κ3) is 2.19. The molecule has 0 aliphatic carbocycles. The van der Waals surface area contributed by atoms with Crippen molar-refractivity contribution in [3.8, 4) is 0 Å². The van der Waals surface area contributed by atoms with Gasteiger partial charge in [0, 0.05) is 30.9 Å². The van der Waals surface area contributed by atoms with Crippen LogP contribution in [-0.2, 0) is 13.0 Å². The van der Waals surface area contributed by atoms with Crippen molar-refractivity contribution in [2.75, 3.05) is 5.73 Å². The van der Waals surface area contributed by atoms with Gasteiger partial charge in [0.1, 0.15) is 5.82 Å². The van der Waals surface area contributed by atoms with E-state index >= 15 is 0 Å². The zero-order chi connectivity index (χ0) is 11.5. The van der Waals surface area contributed by atoms with Crippen molar-refractivity contribution in [2.24, 2.45) is 0 Å². The van der Waals surface area contributed by atoms with E-state index in [4.69, 9.17) is 18.0 Å². The van der Waals surface area contributed by atoms with Crippen LogP contribution < -0.4 is 11.3 Å². The van der Waals surface area contributed by atoms with E-state index in [0.29, 0.717) is 17.1 Å². The van der Waals surface area contributed by atoms with Crippen molar-refractivity contribution in [1.82, 2.24) is 19.5 Å². The third-order valence-corrected chi connectivity index (χ3v) is 2.55. The predicted octanol–water partition coefficient (Wildman–Crippen LogP) is 0.454. The summed E-state index contributed by atoms with van der Waals surface area (Å²) in [7, 11) is 0. The molecule has 0 atom stereocenters. The van der Waals surface area contributed by atoms with Gasteiger partial charge in [-0.1, -0.05) is 0 Å². The molecule has 0 spiro atoms. The number of hydrogen-bond donors (Lipinski definition) is 3. The summed E-state index contributed by atoms with van der Waals surface area (Å²) in [5, 5.41) is 0. The fourth-order valence-electron chi connectivity index (χ4n) is 1.42. The summed E-state index contributed by atoms with van der Waals surface area (Å²) < 4.78 is 2.02. The summed E-state index contributed by atoms with van der Waals surface area (Å²) >= 11 is 5.02. The van der Waals surface area contributed by atoms with Crippen LogP contribution in [0.4, 0.5) is 5.82 Å². The zero-order valence-electron chi connectivity index (χ0n) is 8.43. The van der Waals surface area contributed by atoms with E-state index in [9.17, 15) is 4.79 Å². The summed E-state index contributed by atoms with van der Waals surface area (Å²) in [5.74, 6) is 0.369. The van der Waals surface area contributed by atoms with Crippen molar-refractivity contribution >= 4 is 18.0 Å². The van der Waals surface area contributed by atoms with Gasteiger partial charge in [0.2, 0.25) is 0 Å². The molecular weight excluding hydrogens is 226 g/mol. The molecule has 0 aliphatic rings. The first-order valence-electron chi connectivity index (χ1n) is 4.74. The Kier molecular flexibility index (Phi) is 2.86. The summed E-state index contributed by atoms with van der Waals surface area (Å²) in [6.07, 6.45) is 4.08. The lowest BCUT2D eigenvalue weighted by atomic mass is 10.3. The molecule has 0 aromatic carbocycles. The second kappa shape index (κ2) is 4.31. The number of hydrogen-bond acceptors (Lipinski definition) is 4. The average molecular weight is 237 g/mol. The Balaban J connectivity index is 2.22. The number of H-pyrrole nitrogens is 2. The van der Waals surface area contributed by atoms with E-state index in [0.717, 1.165) is 12.1 Å². The predicted molar refractivity (Wildman–Crippen MR) is 62.6 cm³/mol. The molecule has 2 aromatic rings. The quantitative estimate of drug-likeness (QED) is 0.676. The maximum absolute atomic E-state index is 11.1. The van der Waals surface area contributed by atoms with E-state index in [2.05, 4.69) is 15.0 Å². The smallest absolute Gasteiger partial charge is 0.253 e. The Bertz CT molecular complexity index is 583. The van der Waals surface area contributed by atoms with Gasteiger partial charge < -0.3 is 15.3 Å². The van der Waals surface area contributed by atoms with Crippen LogP contribution in [0.5, 0.6) is 0 Å². The standard InChI is InChI=1S/C9H11N5OS/c10-7-3-8(15)13-9(16)14(7)2-1-6-4-11-5-12-6/h3-5H,1-2,10H2,(H,11,12)(H,13,15,16). The summed E-state index contributed by atoms with van der Waals surface area (Å²) in [5.41, 5.74) is 6.43. The van der Waals surface area contributed by atoms with Crippen LogP contribution >= 0.6 is 12.2 Å². The molecule has 2 aromatic heterocycles. The minimum atomic E-state index is -0.278. The van der Waals surface area contributed by atoms with Gasteiger partial charge in [0.25, 0.3) is 5.56 Å². The average Bonchev–Trinajstić information content (AvgIpc) is 2.68. The lowest BCUT2D eigenvalue weighted by Gasteiger charge is -2.08.